The lowest BCUT2D eigenvalue weighted by molar-refractivity contribution is 0.549. The maximum atomic E-state index is 12.3. The van der Waals surface area contributed by atoms with Crippen molar-refractivity contribution in [3.05, 3.63) is 35.4 Å². The van der Waals surface area contributed by atoms with E-state index in [1.165, 1.54) is 5.56 Å². The van der Waals surface area contributed by atoms with Crippen LogP contribution in [-0.2, 0) is 9.84 Å². The van der Waals surface area contributed by atoms with Gasteiger partial charge in [-0.2, -0.15) is 0 Å². The van der Waals surface area contributed by atoms with Gasteiger partial charge >= 0.3 is 0 Å². The number of hydrogen-bond donors (Lipinski definition) is 1. The van der Waals surface area contributed by atoms with Gasteiger partial charge in [-0.1, -0.05) is 58.4 Å². The van der Waals surface area contributed by atoms with Gasteiger partial charge in [-0.05, 0) is 30.0 Å². The van der Waals surface area contributed by atoms with Gasteiger partial charge in [-0.25, -0.2) is 8.42 Å². The molecule has 0 amide bonds. The van der Waals surface area contributed by atoms with Crippen molar-refractivity contribution in [2.45, 2.75) is 46.1 Å². The van der Waals surface area contributed by atoms with Crippen LogP contribution in [0.4, 0.5) is 0 Å². The maximum Gasteiger partial charge on any atom is 0.152 e. The molecule has 120 valence electrons. The van der Waals surface area contributed by atoms with Gasteiger partial charge in [0.15, 0.2) is 9.84 Å². The Morgan fingerprint density at radius 1 is 1.00 bits per heavy atom. The van der Waals surface area contributed by atoms with Crippen LogP contribution >= 0.6 is 0 Å². The molecule has 21 heavy (non-hydrogen) atoms. The van der Waals surface area contributed by atoms with Crippen molar-refractivity contribution in [2.24, 2.45) is 5.92 Å². The topological polar surface area (TPSA) is 46.2 Å². The lowest BCUT2D eigenvalue weighted by atomic mass is 10.00. The number of rotatable bonds is 8. The van der Waals surface area contributed by atoms with E-state index in [2.05, 4.69) is 31.3 Å². The SMILES string of the molecule is CCC(C)CS(=O)(=O)CC(NC)c1ccc(C(C)C)cc1. The van der Waals surface area contributed by atoms with Gasteiger partial charge in [0.05, 0.1) is 11.5 Å². The van der Waals surface area contributed by atoms with Crippen LogP contribution in [0.5, 0.6) is 0 Å². The third kappa shape index (κ3) is 5.79. The van der Waals surface area contributed by atoms with E-state index in [4.69, 9.17) is 0 Å². The third-order valence-electron chi connectivity index (χ3n) is 4.01. The molecule has 3 nitrogen and oxygen atoms in total. The quantitative estimate of drug-likeness (QED) is 0.799. The summed E-state index contributed by atoms with van der Waals surface area (Å²) in [5, 5.41) is 3.14. The number of sulfone groups is 1. The van der Waals surface area contributed by atoms with E-state index in [9.17, 15) is 8.42 Å². The highest BCUT2D eigenvalue weighted by atomic mass is 32.2. The van der Waals surface area contributed by atoms with Crippen LogP contribution in [0.15, 0.2) is 24.3 Å². The largest absolute Gasteiger partial charge is 0.312 e. The zero-order valence-electron chi connectivity index (χ0n) is 13.9. The first kappa shape index (κ1) is 18.2. The van der Waals surface area contributed by atoms with Crippen LogP contribution in [0.25, 0.3) is 0 Å². The number of benzene rings is 1. The van der Waals surface area contributed by atoms with Gasteiger partial charge in [-0.15, -0.1) is 0 Å². The normalized spacial score (nSPS) is 15.1. The minimum atomic E-state index is -3.04. The highest BCUT2D eigenvalue weighted by molar-refractivity contribution is 7.91. The Balaban J connectivity index is 2.83. The summed E-state index contributed by atoms with van der Waals surface area (Å²) in [6.45, 7) is 8.33. The summed E-state index contributed by atoms with van der Waals surface area (Å²) in [6, 6.07) is 8.11. The molecular formula is C17H29NO2S. The zero-order chi connectivity index (χ0) is 16.0. The summed E-state index contributed by atoms with van der Waals surface area (Å²) >= 11 is 0. The maximum absolute atomic E-state index is 12.3. The lowest BCUT2D eigenvalue weighted by Crippen LogP contribution is -2.28. The molecule has 2 unspecified atom stereocenters. The molecule has 0 heterocycles. The predicted molar refractivity (Wildman–Crippen MR) is 90.4 cm³/mol. The van der Waals surface area contributed by atoms with Gasteiger partial charge in [0.2, 0.25) is 0 Å². The summed E-state index contributed by atoms with van der Waals surface area (Å²) < 4.78 is 24.6. The van der Waals surface area contributed by atoms with E-state index in [1.807, 2.05) is 33.0 Å². The van der Waals surface area contributed by atoms with Crippen LogP contribution in [0.3, 0.4) is 0 Å². The Morgan fingerprint density at radius 3 is 1.95 bits per heavy atom. The Kier molecular flexibility index (Phi) is 6.88. The first-order valence-corrected chi connectivity index (χ1v) is 9.58. The lowest BCUT2D eigenvalue weighted by Gasteiger charge is -2.19. The number of hydrogen-bond acceptors (Lipinski definition) is 3. The Hall–Kier alpha value is -0.870. The Bertz CT molecular complexity index is 520. The average Bonchev–Trinajstić information content (AvgIpc) is 2.44. The van der Waals surface area contributed by atoms with E-state index in [-0.39, 0.29) is 23.5 Å². The molecular weight excluding hydrogens is 282 g/mol. The van der Waals surface area contributed by atoms with Crippen molar-refractivity contribution in [1.82, 2.24) is 5.32 Å². The third-order valence-corrected chi connectivity index (χ3v) is 5.93. The number of nitrogens with one attached hydrogen (secondary N) is 1. The molecule has 0 saturated heterocycles. The van der Waals surface area contributed by atoms with Crippen LogP contribution in [0, 0.1) is 5.92 Å². The first-order valence-electron chi connectivity index (χ1n) is 7.76. The molecule has 0 radical (unpaired) electrons. The molecule has 0 aliphatic carbocycles. The molecule has 4 heteroatoms. The summed E-state index contributed by atoms with van der Waals surface area (Å²) in [4.78, 5) is 0. The fourth-order valence-electron chi connectivity index (χ4n) is 2.33. The van der Waals surface area contributed by atoms with Gasteiger partial charge in [0, 0.05) is 6.04 Å². The molecule has 0 fully saturated rings. The van der Waals surface area contributed by atoms with Crippen LogP contribution in [0.2, 0.25) is 0 Å². The van der Waals surface area contributed by atoms with Crippen molar-refractivity contribution in [1.29, 1.82) is 0 Å². The molecule has 1 N–H and O–H groups in total. The molecule has 0 aromatic heterocycles. The molecule has 2 atom stereocenters. The summed E-state index contributed by atoms with van der Waals surface area (Å²) in [5.41, 5.74) is 2.31. The molecule has 1 aromatic carbocycles. The van der Waals surface area contributed by atoms with Crippen molar-refractivity contribution in [3.63, 3.8) is 0 Å². The minimum Gasteiger partial charge on any atom is -0.312 e. The monoisotopic (exact) mass is 311 g/mol. The van der Waals surface area contributed by atoms with E-state index < -0.39 is 9.84 Å². The Morgan fingerprint density at radius 2 is 1.52 bits per heavy atom. The van der Waals surface area contributed by atoms with Crippen molar-refractivity contribution in [2.75, 3.05) is 18.6 Å². The second-order valence-corrected chi connectivity index (χ2v) is 8.41. The van der Waals surface area contributed by atoms with Crippen LogP contribution in [-0.4, -0.2) is 27.0 Å². The smallest absolute Gasteiger partial charge is 0.152 e. The van der Waals surface area contributed by atoms with E-state index in [0.717, 1.165) is 12.0 Å². The van der Waals surface area contributed by atoms with Gasteiger partial charge < -0.3 is 5.32 Å². The molecule has 0 aliphatic rings. The highest BCUT2D eigenvalue weighted by Crippen LogP contribution is 2.20. The fraction of sp³-hybridized carbons (Fsp3) is 0.647. The standard InChI is InChI=1S/C17H29NO2S/c1-6-14(4)11-21(19,20)12-17(18-5)16-9-7-15(8-10-16)13(2)3/h7-10,13-14,17-18H,6,11-12H2,1-5H3. The van der Waals surface area contributed by atoms with Crippen LogP contribution in [0.1, 0.15) is 57.2 Å². The Labute approximate surface area is 130 Å². The van der Waals surface area contributed by atoms with E-state index in [1.54, 1.807) is 0 Å². The molecule has 0 bridgehead atoms. The van der Waals surface area contributed by atoms with Crippen molar-refractivity contribution >= 4 is 9.84 Å². The van der Waals surface area contributed by atoms with Crippen molar-refractivity contribution < 1.29 is 8.42 Å². The summed E-state index contributed by atoms with van der Waals surface area (Å²) in [5.74, 6) is 1.14. The highest BCUT2D eigenvalue weighted by Gasteiger charge is 2.21. The summed E-state index contributed by atoms with van der Waals surface area (Å²) in [7, 11) is -1.22. The minimum absolute atomic E-state index is 0.139. The second kappa shape index (κ2) is 7.95. The second-order valence-electron chi connectivity index (χ2n) is 6.25. The molecule has 0 saturated carbocycles. The predicted octanol–water partition coefficient (Wildman–Crippen LogP) is 3.53. The molecule has 0 spiro atoms. The van der Waals surface area contributed by atoms with Gasteiger partial charge in [0.1, 0.15) is 0 Å². The van der Waals surface area contributed by atoms with E-state index >= 15 is 0 Å². The molecule has 1 rings (SSSR count). The fourth-order valence-corrected chi connectivity index (χ4v) is 4.44. The average molecular weight is 311 g/mol. The van der Waals surface area contributed by atoms with Gasteiger partial charge in [-0.3, -0.25) is 0 Å². The first-order chi connectivity index (χ1) is 9.79. The summed E-state index contributed by atoms with van der Waals surface area (Å²) in [6.07, 6.45) is 0.895. The molecule has 0 aliphatic heterocycles. The van der Waals surface area contributed by atoms with Crippen LogP contribution < -0.4 is 5.32 Å². The van der Waals surface area contributed by atoms with E-state index in [0.29, 0.717) is 5.92 Å². The zero-order valence-corrected chi connectivity index (χ0v) is 14.7. The molecule has 1 aromatic rings. The van der Waals surface area contributed by atoms with Crippen molar-refractivity contribution in [3.8, 4) is 0 Å². The van der Waals surface area contributed by atoms with Gasteiger partial charge in [0.25, 0.3) is 0 Å².